The van der Waals surface area contributed by atoms with E-state index in [2.05, 4.69) is 24.1 Å². The fraction of sp³-hybridized carbons (Fsp3) is 0.588. The summed E-state index contributed by atoms with van der Waals surface area (Å²) in [6.07, 6.45) is 1.05. The molecule has 0 bridgehead atoms. The largest absolute Gasteiger partial charge is 0.493 e. The average Bonchev–Trinajstić information content (AvgIpc) is 2.58. The van der Waals surface area contributed by atoms with E-state index in [-0.39, 0.29) is 6.54 Å². The topological polar surface area (TPSA) is 88.2 Å². The Morgan fingerprint density at radius 1 is 1.19 bits per heavy atom. The molecule has 8 nitrogen and oxygen atoms in total. The van der Waals surface area contributed by atoms with Gasteiger partial charge in [0, 0.05) is 25.3 Å². The van der Waals surface area contributed by atoms with Crippen molar-refractivity contribution >= 4 is 21.6 Å². The van der Waals surface area contributed by atoms with Crippen LogP contribution < -0.4 is 14.8 Å². The molecule has 0 unspecified atom stereocenters. The van der Waals surface area contributed by atoms with Gasteiger partial charge >= 0.3 is 0 Å². The van der Waals surface area contributed by atoms with Gasteiger partial charge in [-0.25, -0.2) is 8.42 Å². The fourth-order valence-electron chi connectivity index (χ4n) is 2.21. The number of hydrogen-bond acceptors (Lipinski definition) is 6. The molecule has 0 atom stereocenters. The third-order valence-electron chi connectivity index (χ3n) is 3.94. The maximum absolute atomic E-state index is 12.0. The summed E-state index contributed by atoms with van der Waals surface area (Å²) in [4.78, 5) is 14.3. The van der Waals surface area contributed by atoms with Gasteiger partial charge in [0.05, 0.1) is 19.9 Å². The molecule has 0 heterocycles. The quantitative estimate of drug-likeness (QED) is 0.615. The van der Waals surface area contributed by atoms with Crippen molar-refractivity contribution in [3.05, 3.63) is 18.2 Å². The summed E-state index contributed by atoms with van der Waals surface area (Å²) in [5.41, 5.74) is 0.510. The van der Waals surface area contributed by atoms with Crippen molar-refractivity contribution in [2.45, 2.75) is 13.8 Å². The first-order chi connectivity index (χ1) is 12.2. The molecule has 0 saturated heterocycles. The highest BCUT2D eigenvalue weighted by atomic mass is 32.2. The molecule has 26 heavy (non-hydrogen) atoms. The van der Waals surface area contributed by atoms with E-state index in [1.54, 1.807) is 25.3 Å². The monoisotopic (exact) mass is 387 g/mol. The van der Waals surface area contributed by atoms with Gasteiger partial charge in [0.25, 0.3) is 0 Å². The summed E-state index contributed by atoms with van der Waals surface area (Å²) < 4.78 is 34.8. The van der Waals surface area contributed by atoms with Crippen LogP contribution in [0.15, 0.2) is 18.2 Å². The van der Waals surface area contributed by atoms with Crippen LogP contribution in [0.25, 0.3) is 0 Å². The van der Waals surface area contributed by atoms with Crippen molar-refractivity contribution in [3.63, 3.8) is 0 Å². The number of anilines is 1. The summed E-state index contributed by atoms with van der Waals surface area (Å²) in [6.45, 7) is 7.09. The molecule has 0 aliphatic heterocycles. The maximum Gasteiger partial charge on any atom is 0.239 e. The highest BCUT2D eigenvalue weighted by Crippen LogP contribution is 2.30. The zero-order chi connectivity index (χ0) is 19.7. The SMILES string of the molecule is CCN(CC)CCOc1cc(NC(=O)CN(C)S(C)(=O)=O)ccc1OC. The van der Waals surface area contributed by atoms with Crippen molar-refractivity contribution in [2.75, 3.05) is 58.5 Å². The van der Waals surface area contributed by atoms with Gasteiger partial charge in [0.1, 0.15) is 6.61 Å². The Morgan fingerprint density at radius 2 is 1.85 bits per heavy atom. The van der Waals surface area contributed by atoms with E-state index in [0.29, 0.717) is 23.8 Å². The van der Waals surface area contributed by atoms with E-state index in [0.717, 1.165) is 30.2 Å². The molecule has 0 aliphatic carbocycles. The predicted molar refractivity (Wildman–Crippen MR) is 102 cm³/mol. The molecule has 1 amide bonds. The van der Waals surface area contributed by atoms with Gasteiger partial charge in [-0.05, 0) is 25.2 Å². The molecule has 0 spiro atoms. The molecule has 0 aromatic heterocycles. The minimum atomic E-state index is -3.41. The lowest BCUT2D eigenvalue weighted by Gasteiger charge is -2.19. The molecule has 1 rings (SSSR count). The maximum atomic E-state index is 12.0. The molecular formula is C17H29N3O5S. The van der Waals surface area contributed by atoms with Crippen molar-refractivity contribution in [1.82, 2.24) is 9.21 Å². The van der Waals surface area contributed by atoms with E-state index in [9.17, 15) is 13.2 Å². The number of likely N-dealkylation sites (N-methyl/N-ethyl adjacent to an activating group) is 2. The standard InChI is InChI=1S/C17H29N3O5S/c1-6-20(7-2)10-11-25-16-12-14(8-9-15(16)24-4)18-17(21)13-19(3)26(5,22)23/h8-9,12H,6-7,10-11,13H2,1-5H3,(H,18,21). The normalized spacial score (nSPS) is 11.7. The summed E-state index contributed by atoms with van der Waals surface area (Å²) >= 11 is 0. The number of sulfonamides is 1. The minimum absolute atomic E-state index is 0.261. The number of carbonyl (C=O) groups excluding carboxylic acids is 1. The zero-order valence-corrected chi connectivity index (χ0v) is 16.9. The second kappa shape index (κ2) is 10.3. The Kier molecular flexibility index (Phi) is 8.83. The summed E-state index contributed by atoms with van der Waals surface area (Å²) in [6, 6.07) is 5.04. The van der Waals surface area contributed by atoms with E-state index < -0.39 is 15.9 Å². The van der Waals surface area contributed by atoms with Crippen molar-refractivity contribution in [3.8, 4) is 11.5 Å². The summed E-state index contributed by atoms with van der Waals surface area (Å²) in [7, 11) is -0.512. The van der Waals surface area contributed by atoms with Crippen LogP contribution in [-0.4, -0.2) is 76.7 Å². The van der Waals surface area contributed by atoms with Crippen LogP contribution in [0.4, 0.5) is 5.69 Å². The molecule has 1 aromatic rings. The number of hydrogen-bond donors (Lipinski definition) is 1. The number of rotatable bonds is 11. The number of methoxy groups -OCH3 is 1. The Bertz CT molecular complexity index is 690. The molecule has 1 aromatic carbocycles. The summed E-state index contributed by atoms with van der Waals surface area (Å²) in [5.74, 6) is 0.655. The lowest BCUT2D eigenvalue weighted by Crippen LogP contribution is -2.34. The van der Waals surface area contributed by atoms with Crippen molar-refractivity contribution < 1.29 is 22.7 Å². The lowest BCUT2D eigenvalue weighted by molar-refractivity contribution is -0.116. The van der Waals surface area contributed by atoms with Gasteiger partial charge in [-0.1, -0.05) is 13.8 Å². The van der Waals surface area contributed by atoms with Gasteiger partial charge in [-0.2, -0.15) is 4.31 Å². The molecule has 0 fully saturated rings. The van der Waals surface area contributed by atoms with Crippen LogP contribution in [0.2, 0.25) is 0 Å². The van der Waals surface area contributed by atoms with E-state index in [1.165, 1.54) is 7.05 Å². The molecule has 0 radical (unpaired) electrons. The minimum Gasteiger partial charge on any atom is -0.493 e. The van der Waals surface area contributed by atoms with Gasteiger partial charge in [0.2, 0.25) is 15.9 Å². The second-order valence-electron chi connectivity index (χ2n) is 5.81. The molecule has 0 saturated carbocycles. The van der Waals surface area contributed by atoms with Crippen LogP contribution in [0, 0.1) is 0 Å². The first-order valence-corrected chi connectivity index (χ1v) is 10.3. The second-order valence-corrected chi connectivity index (χ2v) is 7.90. The van der Waals surface area contributed by atoms with E-state index >= 15 is 0 Å². The smallest absolute Gasteiger partial charge is 0.239 e. The Morgan fingerprint density at radius 3 is 2.38 bits per heavy atom. The van der Waals surface area contributed by atoms with E-state index in [4.69, 9.17) is 9.47 Å². The van der Waals surface area contributed by atoms with Crippen molar-refractivity contribution in [1.29, 1.82) is 0 Å². The van der Waals surface area contributed by atoms with E-state index in [1.807, 2.05) is 0 Å². The summed E-state index contributed by atoms with van der Waals surface area (Å²) in [5, 5.41) is 2.67. The molecular weight excluding hydrogens is 358 g/mol. The Hall–Kier alpha value is -1.84. The zero-order valence-electron chi connectivity index (χ0n) is 16.1. The number of nitrogens with zero attached hydrogens (tertiary/aromatic N) is 2. The average molecular weight is 388 g/mol. The number of ether oxygens (including phenoxy) is 2. The van der Waals surface area contributed by atoms with Crippen LogP contribution >= 0.6 is 0 Å². The van der Waals surface area contributed by atoms with Gasteiger partial charge in [0.15, 0.2) is 11.5 Å². The molecule has 1 N–H and O–H groups in total. The van der Waals surface area contributed by atoms with Gasteiger partial charge in [-0.3, -0.25) is 4.79 Å². The van der Waals surface area contributed by atoms with Crippen LogP contribution in [0.1, 0.15) is 13.8 Å². The molecule has 9 heteroatoms. The van der Waals surface area contributed by atoms with Crippen LogP contribution in [0.5, 0.6) is 11.5 Å². The fourth-order valence-corrected chi connectivity index (χ4v) is 2.56. The Labute approximate surface area is 156 Å². The number of nitrogens with one attached hydrogen (secondary N) is 1. The number of carbonyl (C=O) groups is 1. The lowest BCUT2D eigenvalue weighted by atomic mass is 10.2. The predicted octanol–water partition coefficient (Wildman–Crippen LogP) is 1.25. The third kappa shape index (κ3) is 7.19. The van der Waals surface area contributed by atoms with Crippen molar-refractivity contribution in [2.24, 2.45) is 0 Å². The Balaban J connectivity index is 2.74. The number of benzene rings is 1. The number of amides is 1. The van der Waals surface area contributed by atoms with Gasteiger partial charge < -0.3 is 19.7 Å². The van der Waals surface area contributed by atoms with Crippen LogP contribution in [0.3, 0.4) is 0 Å². The first-order valence-electron chi connectivity index (χ1n) is 8.45. The highest BCUT2D eigenvalue weighted by Gasteiger charge is 2.16. The third-order valence-corrected chi connectivity index (χ3v) is 5.20. The highest BCUT2D eigenvalue weighted by molar-refractivity contribution is 7.88. The van der Waals surface area contributed by atoms with Crippen LogP contribution in [-0.2, 0) is 14.8 Å². The molecule has 148 valence electrons. The first kappa shape index (κ1) is 22.2. The molecule has 0 aliphatic rings. The van der Waals surface area contributed by atoms with Gasteiger partial charge in [-0.15, -0.1) is 0 Å².